The van der Waals surface area contributed by atoms with Crippen LogP contribution in [-0.4, -0.2) is 48.2 Å². The predicted molar refractivity (Wildman–Crippen MR) is 132 cm³/mol. The fourth-order valence-corrected chi connectivity index (χ4v) is 3.94. The number of benzene rings is 2. The van der Waals surface area contributed by atoms with Gasteiger partial charge in [-0.1, -0.05) is 11.6 Å². The van der Waals surface area contributed by atoms with Crippen molar-refractivity contribution in [1.29, 1.82) is 5.41 Å². The molecule has 8 nitrogen and oxygen atoms in total. The van der Waals surface area contributed by atoms with Crippen LogP contribution in [0.1, 0.15) is 28.8 Å². The SMILES string of the molecule is COc1ccc(N(C=O)c2ccc(C(=N)N3CCCC3)cc2)c(C(=O)Nc2ccc(Cl)cn2)c1. The van der Waals surface area contributed by atoms with Crippen molar-refractivity contribution in [1.82, 2.24) is 9.88 Å². The van der Waals surface area contributed by atoms with E-state index in [1.165, 1.54) is 18.2 Å². The first-order valence-corrected chi connectivity index (χ1v) is 11.2. The molecule has 0 aliphatic carbocycles. The summed E-state index contributed by atoms with van der Waals surface area (Å²) in [6.45, 7) is 1.77. The number of pyridine rings is 1. The summed E-state index contributed by atoms with van der Waals surface area (Å²) in [5.74, 6) is 0.813. The molecule has 174 valence electrons. The zero-order valence-electron chi connectivity index (χ0n) is 18.6. The molecule has 4 rings (SSSR count). The minimum atomic E-state index is -0.456. The number of nitrogens with zero attached hydrogens (tertiary/aromatic N) is 3. The van der Waals surface area contributed by atoms with Crippen LogP contribution in [0.5, 0.6) is 5.75 Å². The van der Waals surface area contributed by atoms with E-state index in [9.17, 15) is 9.59 Å². The van der Waals surface area contributed by atoms with Gasteiger partial charge in [-0.05, 0) is 67.4 Å². The smallest absolute Gasteiger partial charge is 0.259 e. The molecule has 1 fully saturated rings. The van der Waals surface area contributed by atoms with Crippen LogP contribution in [0.15, 0.2) is 60.8 Å². The third-order valence-corrected chi connectivity index (χ3v) is 5.85. The summed E-state index contributed by atoms with van der Waals surface area (Å²) in [5, 5.41) is 11.6. The van der Waals surface area contributed by atoms with E-state index >= 15 is 0 Å². The van der Waals surface area contributed by atoms with E-state index in [1.54, 1.807) is 42.5 Å². The number of anilines is 3. The fraction of sp³-hybridized carbons (Fsp3) is 0.200. The van der Waals surface area contributed by atoms with Crippen LogP contribution in [-0.2, 0) is 4.79 Å². The molecule has 0 atom stereocenters. The molecule has 2 amide bonds. The van der Waals surface area contributed by atoms with Gasteiger partial charge >= 0.3 is 0 Å². The van der Waals surface area contributed by atoms with Crippen LogP contribution in [0.25, 0.3) is 0 Å². The molecule has 3 aromatic rings. The summed E-state index contributed by atoms with van der Waals surface area (Å²) in [7, 11) is 1.50. The Labute approximate surface area is 202 Å². The number of ether oxygens (including phenoxy) is 1. The molecule has 34 heavy (non-hydrogen) atoms. The lowest BCUT2D eigenvalue weighted by atomic mass is 10.1. The Morgan fingerprint density at radius 2 is 1.88 bits per heavy atom. The Balaban J connectivity index is 1.63. The van der Waals surface area contributed by atoms with Gasteiger partial charge in [-0.25, -0.2) is 4.98 Å². The normalized spacial score (nSPS) is 12.8. The van der Waals surface area contributed by atoms with Gasteiger partial charge in [0, 0.05) is 30.5 Å². The van der Waals surface area contributed by atoms with Gasteiger partial charge in [-0.15, -0.1) is 0 Å². The highest BCUT2D eigenvalue weighted by molar-refractivity contribution is 6.30. The number of hydrogen-bond acceptors (Lipinski definition) is 5. The molecule has 1 aliphatic rings. The predicted octanol–water partition coefficient (Wildman–Crippen LogP) is 4.71. The van der Waals surface area contributed by atoms with E-state index in [4.69, 9.17) is 21.7 Å². The summed E-state index contributed by atoms with van der Waals surface area (Å²) < 4.78 is 5.29. The first-order chi connectivity index (χ1) is 16.5. The molecule has 0 radical (unpaired) electrons. The Hall–Kier alpha value is -3.91. The minimum Gasteiger partial charge on any atom is -0.497 e. The van der Waals surface area contributed by atoms with Crippen molar-refractivity contribution in [3.63, 3.8) is 0 Å². The summed E-state index contributed by atoms with van der Waals surface area (Å²) in [4.78, 5) is 32.8. The van der Waals surface area contributed by atoms with Gasteiger partial charge in [0.05, 0.1) is 23.4 Å². The maximum atomic E-state index is 13.1. The van der Waals surface area contributed by atoms with Crippen LogP contribution in [0.3, 0.4) is 0 Å². The van der Waals surface area contributed by atoms with Crippen LogP contribution in [0, 0.1) is 5.41 Å². The molecule has 2 N–H and O–H groups in total. The number of methoxy groups -OCH3 is 1. The van der Waals surface area contributed by atoms with E-state index in [-0.39, 0.29) is 5.56 Å². The lowest BCUT2D eigenvalue weighted by Gasteiger charge is -2.22. The van der Waals surface area contributed by atoms with Crippen LogP contribution in [0.2, 0.25) is 5.02 Å². The Kier molecular flexibility index (Phi) is 7.08. The number of amidine groups is 1. The molecule has 0 unspecified atom stereocenters. The fourth-order valence-electron chi connectivity index (χ4n) is 3.83. The van der Waals surface area contributed by atoms with Gasteiger partial charge in [-0.2, -0.15) is 0 Å². The van der Waals surface area contributed by atoms with Crippen molar-refractivity contribution in [2.75, 3.05) is 30.4 Å². The van der Waals surface area contributed by atoms with Gasteiger partial charge in [-0.3, -0.25) is 19.9 Å². The van der Waals surface area contributed by atoms with Crippen LogP contribution < -0.4 is 15.0 Å². The standard InChI is InChI=1S/C25H24ClN5O3/c1-34-20-9-10-22(21(14-20)25(33)29-23-11-6-18(26)15-28-23)31(16-32)19-7-4-17(5-8-19)24(27)30-12-2-3-13-30/h4-11,14-16,27H,2-3,12-13H2,1H3,(H,28,29,33). The van der Waals surface area contributed by atoms with Gasteiger partial charge in [0.2, 0.25) is 6.41 Å². The van der Waals surface area contributed by atoms with Crippen molar-refractivity contribution in [3.05, 3.63) is 76.9 Å². The highest BCUT2D eigenvalue weighted by Crippen LogP contribution is 2.31. The third kappa shape index (κ3) is 5.02. The van der Waals surface area contributed by atoms with Gasteiger partial charge in [0.1, 0.15) is 17.4 Å². The summed E-state index contributed by atoms with van der Waals surface area (Å²) >= 11 is 5.87. The van der Waals surface area contributed by atoms with Crippen molar-refractivity contribution < 1.29 is 14.3 Å². The van der Waals surface area contributed by atoms with E-state index < -0.39 is 5.91 Å². The molecule has 1 aliphatic heterocycles. The highest BCUT2D eigenvalue weighted by Gasteiger charge is 2.21. The third-order valence-electron chi connectivity index (χ3n) is 5.62. The van der Waals surface area contributed by atoms with Crippen molar-refractivity contribution >= 4 is 46.9 Å². The molecule has 0 spiro atoms. The molecule has 0 bridgehead atoms. The average Bonchev–Trinajstić information content (AvgIpc) is 3.41. The largest absolute Gasteiger partial charge is 0.497 e. The molecule has 9 heteroatoms. The van der Waals surface area contributed by atoms with Gasteiger partial charge in [0.25, 0.3) is 5.91 Å². The highest BCUT2D eigenvalue weighted by atomic mass is 35.5. The average molecular weight is 478 g/mol. The summed E-state index contributed by atoms with van der Waals surface area (Å²) in [6, 6.07) is 15.3. The molecular weight excluding hydrogens is 454 g/mol. The zero-order valence-corrected chi connectivity index (χ0v) is 19.4. The topological polar surface area (TPSA) is 98.6 Å². The number of nitrogens with one attached hydrogen (secondary N) is 2. The number of aromatic nitrogens is 1. The lowest BCUT2D eigenvalue weighted by molar-refractivity contribution is -0.106. The Morgan fingerprint density at radius 1 is 1.15 bits per heavy atom. The van der Waals surface area contributed by atoms with Crippen molar-refractivity contribution in [2.45, 2.75) is 12.8 Å². The van der Waals surface area contributed by atoms with Crippen LogP contribution >= 0.6 is 11.6 Å². The number of amides is 2. The van der Waals surface area contributed by atoms with E-state index in [0.29, 0.717) is 40.2 Å². The maximum Gasteiger partial charge on any atom is 0.259 e. The van der Waals surface area contributed by atoms with E-state index in [0.717, 1.165) is 31.5 Å². The first-order valence-electron chi connectivity index (χ1n) is 10.8. The minimum absolute atomic E-state index is 0.233. The lowest BCUT2D eigenvalue weighted by Crippen LogP contribution is -2.27. The van der Waals surface area contributed by atoms with E-state index in [1.807, 2.05) is 17.0 Å². The maximum absolute atomic E-state index is 13.1. The van der Waals surface area contributed by atoms with Crippen molar-refractivity contribution in [3.8, 4) is 5.75 Å². The number of carbonyl (C=O) groups is 2. The van der Waals surface area contributed by atoms with Crippen LogP contribution in [0.4, 0.5) is 17.2 Å². The molecule has 1 saturated heterocycles. The van der Waals surface area contributed by atoms with Crippen molar-refractivity contribution in [2.24, 2.45) is 0 Å². The number of halogens is 1. The summed E-state index contributed by atoms with van der Waals surface area (Å²) in [5.41, 5.74) is 1.96. The number of likely N-dealkylation sites (tertiary alicyclic amines) is 1. The number of hydrogen-bond donors (Lipinski definition) is 2. The van der Waals surface area contributed by atoms with E-state index in [2.05, 4.69) is 10.3 Å². The second-order valence-corrected chi connectivity index (χ2v) is 8.20. The second-order valence-electron chi connectivity index (χ2n) is 7.76. The first kappa shape index (κ1) is 23.3. The number of rotatable bonds is 7. The Bertz CT molecular complexity index is 1190. The summed E-state index contributed by atoms with van der Waals surface area (Å²) in [6.07, 6.45) is 4.27. The number of carbonyl (C=O) groups excluding carboxylic acids is 2. The Morgan fingerprint density at radius 3 is 2.50 bits per heavy atom. The van der Waals surface area contributed by atoms with Gasteiger partial charge in [0.15, 0.2) is 0 Å². The molecule has 2 aromatic carbocycles. The van der Waals surface area contributed by atoms with Gasteiger partial charge < -0.3 is 15.0 Å². The monoisotopic (exact) mass is 477 g/mol. The molecule has 2 heterocycles. The zero-order chi connectivity index (χ0) is 24.1. The second kappa shape index (κ2) is 10.4. The molecular formula is C25H24ClN5O3. The molecule has 0 saturated carbocycles. The molecule has 1 aromatic heterocycles. The quantitative estimate of drug-likeness (QED) is 0.291.